The lowest BCUT2D eigenvalue weighted by atomic mass is 10.1. The molecule has 1 aliphatic rings. The van der Waals surface area contributed by atoms with E-state index >= 15 is 0 Å². The molecule has 1 aromatic heterocycles. The van der Waals surface area contributed by atoms with Gasteiger partial charge in [0.25, 0.3) is 5.91 Å². The minimum atomic E-state index is -0.0405. The predicted molar refractivity (Wildman–Crippen MR) is 83.3 cm³/mol. The Hall–Kier alpha value is -2.36. The van der Waals surface area contributed by atoms with Crippen molar-refractivity contribution in [2.75, 3.05) is 24.5 Å². The molecule has 0 spiro atoms. The number of carbonyl (C=O) groups is 1. The molecule has 1 fully saturated rings. The molecule has 2 aromatic rings. The first kappa shape index (κ1) is 13.6. The van der Waals surface area contributed by atoms with Crippen LogP contribution in [0.2, 0.25) is 0 Å². The minimum absolute atomic E-state index is 0.0405. The molecular formula is C17H19N3O. The normalized spacial score (nSPS) is 17.7. The number of benzene rings is 1. The van der Waals surface area contributed by atoms with Gasteiger partial charge < -0.3 is 10.2 Å². The summed E-state index contributed by atoms with van der Waals surface area (Å²) in [5.41, 5.74) is 1.88. The summed E-state index contributed by atoms with van der Waals surface area (Å²) in [5, 5.41) is 3.01. The zero-order valence-electron chi connectivity index (χ0n) is 11.9. The molecule has 1 amide bonds. The average molecular weight is 281 g/mol. The van der Waals surface area contributed by atoms with Crippen molar-refractivity contribution in [3.05, 3.63) is 60.4 Å². The molecule has 21 heavy (non-hydrogen) atoms. The molecule has 1 saturated heterocycles. The van der Waals surface area contributed by atoms with Crippen LogP contribution in [0.3, 0.4) is 0 Å². The fourth-order valence-electron chi connectivity index (χ4n) is 2.71. The molecule has 3 rings (SSSR count). The van der Waals surface area contributed by atoms with Gasteiger partial charge in [0.05, 0.1) is 5.56 Å². The SMILES string of the molecule is O=C(NC[C@@H]1CCN(c2ccccc2)C1)c1cccnc1. The molecule has 1 N–H and O–H groups in total. The predicted octanol–water partition coefficient (Wildman–Crippen LogP) is 2.34. The zero-order valence-corrected chi connectivity index (χ0v) is 11.9. The highest BCUT2D eigenvalue weighted by molar-refractivity contribution is 5.93. The van der Waals surface area contributed by atoms with Gasteiger partial charge in [-0.3, -0.25) is 9.78 Å². The average Bonchev–Trinajstić information content (AvgIpc) is 3.03. The maximum absolute atomic E-state index is 12.0. The third-order valence-electron chi connectivity index (χ3n) is 3.88. The van der Waals surface area contributed by atoms with E-state index in [1.165, 1.54) is 5.69 Å². The number of hydrogen-bond acceptors (Lipinski definition) is 3. The number of anilines is 1. The van der Waals surface area contributed by atoms with Gasteiger partial charge in [-0.05, 0) is 36.6 Å². The van der Waals surface area contributed by atoms with Gasteiger partial charge in [0, 0.05) is 37.7 Å². The molecule has 1 aromatic carbocycles. The smallest absolute Gasteiger partial charge is 0.252 e. The van der Waals surface area contributed by atoms with E-state index in [0.29, 0.717) is 11.5 Å². The van der Waals surface area contributed by atoms with E-state index in [2.05, 4.69) is 39.5 Å². The van der Waals surface area contributed by atoms with Crippen molar-refractivity contribution in [1.82, 2.24) is 10.3 Å². The van der Waals surface area contributed by atoms with Gasteiger partial charge in [0.2, 0.25) is 0 Å². The van der Waals surface area contributed by atoms with E-state index in [-0.39, 0.29) is 5.91 Å². The summed E-state index contributed by atoms with van der Waals surface area (Å²) in [4.78, 5) is 18.3. The highest BCUT2D eigenvalue weighted by Gasteiger charge is 2.23. The Kier molecular flexibility index (Phi) is 4.15. The number of carbonyl (C=O) groups excluding carboxylic acids is 1. The van der Waals surface area contributed by atoms with Crippen LogP contribution in [0, 0.1) is 5.92 Å². The van der Waals surface area contributed by atoms with E-state index in [9.17, 15) is 4.79 Å². The number of nitrogens with zero attached hydrogens (tertiary/aromatic N) is 2. The van der Waals surface area contributed by atoms with Crippen LogP contribution in [0.4, 0.5) is 5.69 Å². The van der Waals surface area contributed by atoms with Crippen molar-refractivity contribution >= 4 is 11.6 Å². The van der Waals surface area contributed by atoms with Gasteiger partial charge in [-0.25, -0.2) is 0 Å². The molecule has 0 aliphatic carbocycles. The standard InChI is InChI=1S/C17H19N3O/c21-17(15-5-4-9-18-12-15)19-11-14-8-10-20(13-14)16-6-2-1-3-7-16/h1-7,9,12,14H,8,10-11,13H2,(H,19,21)/t14-/m0/s1. The topological polar surface area (TPSA) is 45.2 Å². The van der Waals surface area contributed by atoms with E-state index in [0.717, 1.165) is 26.1 Å². The Morgan fingerprint density at radius 1 is 1.24 bits per heavy atom. The molecule has 108 valence electrons. The van der Waals surface area contributed by atoms with Gasteiger partial charge in [0.1, 0.15) is 0 Å². The maximum atomic E-state index is 12.0. The van der Waals surface area contributed by atoms with Crippen LogP contribution in [0.1, 0.15) is 16.8 Å². The quantitative estimate of drug-likeness (QED) is 0.935. The van der Waals surface area contributed by atoms with Crippen LogP contribution < -0.4 is 10.2 Å². The summed E-state index contributed by atoms with van der Waals surface area (Å²) in [5.74, 6) is 0.465. The van der Waals surface area contributed by atoms with Crippen molar-refractivity contribution in [1.29, 1.82) is 0 Å². The lowest BCUT2D eigenvalue weighted by Crippen LogP contribution is -2.31. The largest absolute Gasteiger partial charge is 0.371 e. The highest BCUT2D eigenvalue weighted by Crippen LogP contribution is 2.22. The van der Waals surface area contributed by atoms with Crippen molar-refractivity contribution in [3.8, 4) is 0 Å². The molecule has 1 atom stereocenters. The molecule has 1 aliphatic heterocycles. The summed E-state index contributed by atoms with van der Waals surface area (Å²) in [7, 11) is 0. The first-order chi connectivity index (χ1) is 10.3. The van der Waals surface area contributed by atoms with E-state index in [1.54, 1.807) is 24.5 Å². The Morgan fingerprint density at radius 3 is 2.86 bits per heavy atom. The van der Waals surface area contributed by atoms with Gasteiger partial charge in [-0.2, -0.15) is 0 Å². The second kappa shape index (κ2) is 6.39. The molecule has 4 nitrogen and oxygen atoms in total. The van der Waals surface area contributed by atoms with Crippen LogP contribution in [-0.4, -0.2) is 30.5 Å². The van der Waals surface area contributed by atoms with Crippen LogP contribution in [0.5, 0.6) is 0 Å². The van der Waals surface area contributed by atoms with E-state index in [1.807, 2.05) is 6.07 Å². The first-order valence-corrected chi connectivity index (χ1v) is 7.31. The summed E-state index contributed by atoms with van der Waals surface area (Å²) in [6.07, 6.45) is 4.38. The molecule has 0 saturated carbocycles. The number of amides is 1. The number of pyridine rings is 1. The Labute approximate surface area is 124 Å². The van der Waals surface area contributed by atoms with Crippen molar-refractivity contribution in [2.24, 2.45) is 5.92 Å². The number of para-hydroxylation sites is 1. The maximum Gasteiger partial charge on any atom is 0.252 e. The van der Waals surface area contributed by atoms with Crippen LogP contribution in [0.25, 0.3) is 0 Å². The minimum Gasteiger partial charge on any atom is -0.371 e. The molecule has 0 radical (unpaired) electrons. The summed E-state index contributed by atoms with van der Waals surface area (Å²) in [6.45, 7) is 2.77. The van der Waals surface area contributed by atoms with Gasteiger partial charge in [-0.15, -0.1) is 0 Å². The number of rotatable bonds is 4. The van der Waals surface area contributed by atoms with Gasteiger partial charge in [-0.1, -0.05) is 18.2 Å². The van der Waals surface area contributed by atoms with Crippen LogP contribution in [-0.2, 0) is 0 Å². The monoisotopic (exact) mass is 281 g/mol. The molecule has 0 bridgehead atoms. The summed E-state index contributed by atoms with van der Waals surface area (Å²) >= 11 is 0. The second-order valence-corrected chi connectivity index (χ2v) is 5.39. The third-order valence-corrected chi connectivity index (χ3v) is 3.88. The fourth-order valence-corrected chi connectivity index (χ4v) is 2.71. The number of hydrogen-bond donors (Lipinski definition) is 1. The lowest BCUT2D eigenvalue weighted by molar-refractivity contribution is 0.0948. The molecule has 0 unspecified atom stereocenters. The highest BCUT2D eigenvalue weighted by atomic mass is 16.1. The first-order valence-electron chi connectivity index (χ1n) is 7.31. The van der Waals surface area contributed by atoms with Crippen molar-refractivity contribution < 1.29 is 4.79 Å². The number of nitrogens with one attached hydrogen (secondary N) is 1. The Balaban J connectivity index is 1.50. The fraction of sp³-hybridized carbons (Fsp3) is 0.294. The number of aromatic nitrogens is 1. The molecule has 4 heteroatoms. The van der Waals surface area contributed by atoms with Crippen molar-refractivity contribution in [3.63, 3.8) is 0 Å². The van der Waals surface area contributed by atoms with E-state index in [4.69, 9.17) is 0 Å². The Morgan fingerprint density at radius 2 is 2.10 bits per heavy atom. The summed E-state index contributed by atoms with van der Waals surface area (Å²) in [6, 6.07) is 14.0. The zero-order chi connectivity index (χ0) is 14.5. The third kappa shape index (κ3) is 3.40. The summed E-state index contributed by atoms with van der Waals surface area (Å²) < 4.78 is 0. The van der Waals surface area contributed by atoms with E-state index < -0.39 is 0 Å². The van der Waals surface area contributed by atoms with Crippen LogP contribution in [0.15, 0.2) is 54.9 Å². The van der Waals surface area contributed by atoms with Gasteiger partial charge >= 0.3 is 0 Å². The van der Waals surface area contributed by atoms with Crippen LogP contribution >= 0.6 is 0 Å². The molecular weight excluding hydrogens is 262 g/mol. The second-order valence-electron chi connectivity index (χ2n) is 5.39. The Bertz CT molecular complexity index is 585. The molecule has 2 heterocycles. The van der Waals surface area contributed by atoms with Crippen molar-refractivity contribution in [2.45, 2.75) is 6.42 Å². The lowest BCUT2D eigenvalue weighted by Gasteiger charge is -2.18. The van der Waals surface area contributed by atoms with Gasteiger partial charge in [0.15, 0.2) is 0 Å².